The largest absolute Gasteiger partial charge is 0.361 e. The van der Waals surface area contributed by atoms with E-state index in [2.05, 4.69) is 25.8 Å². The maximum absolute atomic E-state index is 12.1. The van der Waals surface area contributed by atoms with E-state index >= 15 is 0 Å². The monoisotopic (exact) mass is 351 g/mol. The fourth-order valence-electron chi connectivity index (χ4n) is 3.52. The summed E-state index contributed by atoms with van der Waals surface area (Å²) in [4.78, 5) is 21.1. The van der Waals surface area contributed by atoms with E-state index in [1.54, 1.807) is 12.3 Å². The van der Waals surface area contributed by atoms with Gasteiger partial charge in [0.2, 0.25) is 0 Å². The highest BCUT2D eigenvalue weighted by Crippen LogP contribution is 2.28. The van der Waals surface area contributed by atoms with Crippen molar-refractivity contribution >= 4 is 22.9 Å². The molecule has 3 aromatic heterocycles. The summed E-state index contributed by atoms with van der Waals surface area (Å²) in [6.45, 7) is 3.77. The van der Waals surface area contributed by atoms with Gasteiger partial charge in [-0.25, -0.2) is 9.78 Å². The molecule has 134 valence electrons. The first-order valence-electron chi connectivity index (χ1n) is 8.88. The van der Waals surface area contributed by atoms with Crippen molar-refractivity contribution in [2.24, 2.45) is 0 Å². The average Bonchev–Trinajstić information content (AvgIpc) is 3.24. The van der Waals surface area contributed by atoms with Gasteiger partial charge >= 0.3 is 6.03 Å². The molecule has 0 unspecified atom stereocenters. The zero-order valence-electron chi connectivity index (χ0n) is 14.9. The van der Waals surface area contributed by atoms with Crippen molar-refractivity contribution in [1.29, 1.82) is 0 Å². The minimum Gasteiger partial charge on any atom is -0.361 e. The van der Waals surface area contributed by atoms with Gasteiger partial charge in [0.1, 0.15) is 11.6 Å². The van der Waals surface area contributed by atoms with Gasteiger partial charge < -0.3 is 9.84 Å². The zero-order valence-corrected chi connectivity index (χ0v) is 14.9. The van der Waals surface area contributed by atoms with Gasteiger partial charge in [-0.05, 0) is 44.9 Å². The topological polar surface area (TPSA) is 92.9 Å². The van der Waals surface area contributed by atoms with Gasteiger partial charge in [-0.1, -0.05) is 18.0 Å². The summed E-state index contributed by atoms with van der Waals surface area (Å²) in [5.74, 6) is 1.25. The first-order chi connectivity index (χ1) is 12.6. The molecule has 4 rings (SSSR count). The summed E-state index contributed by atoms with van der Waals surface area (Å²) < 4.78 is 5.24. The van der Waals surface area contributed by atoms with Crippen molar-refractivity contribution in [1.82, 2.24) is 20.4 Å². The van der Waals surface area contributed by atoms with Gasteiger partial charge in [0.25, 0.3) is 0 Å². The molecule has 7 heteroatoms. The van der Waals surface area contributed by atoms with E-state index < -0.39 is 0 Å². The van der Waals surface area contributed by atoms with Crippen LogP contribution in [0.15, 0.2) is 28.9 Å². The second-order valence-corrected chi connectivity index (χ2v) is 6.74. The Balaban J connectivity index is 1.58. The highest BCUT2D eigenvalue weighted by molar-refractivity contribution is 5.90. The van der Waals surface area contributed by atoms with Gasteiger partial charge in [0.05, 0.1) is 16.7 Å². The normalized spacial score (nSPS) is 14.7. The van der Waals surface area contributed by atoms with Crippen molar-refractivity contribution in [3.63, 3.8) is 0 Å². The third-order valence-electron chi connectivity index (χ3n) is 4.79. The van der Waals surface area contributed by atoms with Gasteiger partial charge in [-0.3, -0.25) is 10.3 Å². The van der Waals surface area contributed by atoms with Gasteiger partial charge in [0, 0.05) is 23.4 Å². The maximum Gasteiger partial charge on any atom is 0.320 e. The predicted octanol–water partition coefficient (Wildman–Crippen LogP) is 3.97. The van der Waals surface area contributed by atoms with Crippen LogP contribution in [0.1, 0.15) is 37.1 Å². The number of hydrogen-bond acceptors (Lipinski definition) is 5. The molecule has 1 aliphatic rings. The lowest BCUT2D eigenvalue weighted by Crippen LogP contribution is -2.36. The third-order valence-corrected chi connectivity index (χ3v) is 4.79. The summed E-state index contributed by atoms with van der Waals surface area (Å²) in [5, 5.41) is 9.81. The molecule has 26 heavy (non-hydrogen) atoms. The van der Waals surface area contributed by atoms with Crippen LogP contribution in [0.25, 0.3) is 22.2 Å². The molecule has 3 aromatic rings. The second kappa shape index (κ2) is 6.74. The van der Waals surface area contributed by atoms with E-state index in [-0.39, 0.29) is 12.1 Å². The van der Waals surface area contributed by atoms with Crippen molar-refractivity contribution < 1.29 is 9.32 Å². The number of aromatic nitrogens is 3. The Labute approximate surface area is 151 Å². The number of carbonyl (C=O) groups excluding carboxylic acids is 1. The lowest BCUT2D eigenvalue weighted by atomic mass is 10.1. The van der Waals surface area contributed by atoms with Crippen LogP contribution < -0.4 is 10.6 Å². The smallest absolute Gasteiger partial charge is 0.320 e. The van der Waals surface area contributed by atoms with Crippen LogP contribution in [0.5, 0.6) is 0 Å². The molecule has 0 aromatic carbocycles. The number of aryl methyl sites for hydroxylation is 2. The summed E-state index contributed by atoms with van der Waals surface area (Å²) in [5.41, 5.74) is 4.12. The lowest BCUT2D eigenvalue weighted by Gasteiger charge is -2.12. The Bertz CT molecular complexity index is 940. The number of rotatable bonds is 3. The van der Waals surface area contributed by atoms with Gasteiger partial charge in [-0.15, -0.1) is 0 Å². The van der Waals surface area contributed by atoms with Crippen LogP contribution in [0.3, 0.4) is 0 Å². The minimum atomic E-state index is -0.210. The Hall–Kier alpha value is -2.96. The van der Waals surface area contributed by atoms with Crippen molar-refractivity contribution in [2.75, 3.05) is 5.32 Å². The Morgan fingerprint density at radius 1 is 1.19 bits per heavy atom. The summed E-state index contributed by atoms with van der Waals surface area (Å²) in [6.07, 6.45) is 6.23. The average molecular weight is 351 g/mol. The number of anilines is 1. The fourth-order valence-corrected chi connectivity index (χ4v) is 3.52. The van der Waals surface area contributed by atoms with Gasteiger partial charge in [0.15, 0.2) is 0 Å². The number of hydrogen-bond donors (Lipinski definition) is 2. The quantitative estimate of drug-likeness (QED) is 0.745. The van der Waals surface area contributed by atoms with Crippen LogP contribution in [0.2, 0.25) is 0 Å². The van der Waals surface area contributed by atoms with E-state index in [1.807, 2.05) is 26.0 Å². The van der Waals surface area contributed by atoms with Crippen LogP contribution >= 0.6 is 0 Å². The first-order valence-corrected chi connectivity index (χ1v) is 8.88. The molecular formula is C19H21N5O2. The maximum atomic E-state index is 12.1. The number of nitrogens with zero attached hydrogens (tertiary/aromatic N) is 3. The SMILES string of the molecule is Cc1noc(C)c1-c1cnc2ccc(NC(=O)NC3CCCC3)nc2c1. The number of fused-ring (bicyclic) bond motifs is 1. The molecule has 0 atom stereocenters. The number of pyridine rings is 2. The number of urea groups is 1. The summed E-state index contributed by atoms with van der Waals surface area (Å²) >= 11 is 0. The van der Waals surface area contributed by atoms with Crippen molar-refractivity contribution in [3.8, 4) is 11.1 Å². The van der Waals surface area contributed by atoms with Crippen LogP contribution in [-0.4, -0.2) is 27.2 Å². The summed E-state index contributed by atoms with van der Waals surface area (Å²) in [7, 11) is 0. The summed E-state index contributed by atoms with van der Waals surface area (Å²) in [6, 6.07) is 5.61. The van der Waals surface area contributed by atoms with E-state index in [4.69, 9.17) is 4.52 Å². The Morgan fingerprint density at radius 3 is 2.73 bits per heavy atom. The molecule has 0 aliphatic heterocycles. The molecule has 0 bridgehead atoms. The molecule has 0 radical (unpaired) electrons. The predicted molar refractivity (Wildman–Crippen MR) is 98.9 cm³/mol. The van der Waals surface area contributed by atoms with E-state index in [9.17, 15) is 4.79 Å². The van der Waals surface area contributed by atoms with Crippen LogP contribution in [0.4, 0.5) is 10.6 Å². The number of nitrogens with one attached hydrogen (secondary N) is 2. The van der Waals surface area contributed by atoms with Gasteiger partial charge in [-0.2, -0.15) is 0 Å². The standard InChI is InChI=1S/C19H21N5O2/c1-11-18(12(2)26-24-11)13-9-16-15(20-10-13)7-8-17(22-16)23-19(25)21-14-5-3-4-6-14/h7-10,14H,3-6H2,1-2H3,(H2,21,22,23,25). The molecule has 0 spiro atoms. The van der Waals surface area contributed by atoms with Crippen molar-refractivity contribution in [3.05, 3.63) is 35.9 Å². The van der Waals surface area contributed by atoms with Crippen molar-refractivity contribution in [2.45, 2.75) is 45.6 Å². The fraction of sp³-hybridized carbons (Fsp3) is 0.368. The molecule has 7 nitrogen and oxygen atoms in total. The molecule has 1 fully saturated rings. The number of carbonyl (C=O) groups is 1. The molecule has 0 saturated heterocycles. The third kappa shape index (κ3) is 3.24. The molecule has 1 aliphatic carbocycles. The van der Waals surface area contributed by atoms with E-state index in [1.165, 1.54) is 12.8 Å². The van der Waals surface area contributed by atoms with E-state index in [0.717, 1.165) is 40.9 Å². The molecule has 2 N–H and O–H groups in total. The van der Waals surface area contributed by atoms with E-state index in [0.29, 0.717) is 11.3 Å². The second-order valence-electron chi connectivity index (χ2n) is 6.74. The molecule has 2 amide bonds. The Kier molecular flexibility index (Phi) is 4.28. The Morgan fingerprint density at radius 2 is 2.00 bits per heavy atom. The minimum absolute atomic E-state index is 0.210. The first kappa shape index (κ1) is 16.5. The highest BCUT2D eigenvalue weighted by Gasteiger charge is 2.17. The molecule has 1 saturated carbocycles. The number of amides is 2. The molecule has 3 heterocycles. The van der Waals surface area contributed by atoms with Crippen LogP contribution in [-0.2, 0) is 0 Å². The lowest BCUT2D eigenvalue weighted by molar-refractivity contribution is 0.248. The zero-order chi connectivity index (χ0) is 18.1. The highest BCUT2D eigenvalue weighted by atomic mass is 16.5. The van der Waals surface area contributed by atoms with Crippen LogP contribution in [0, 0.1) is 13.8 Å². The molecular weight excluding hydrogens is 330 g/mol.